The van der Waals surface area contributed by atoms with Crippen LogP contribution in [0.25, 0.3) is 5.69 Å². The van der Waals surface area contributed by atoms with Crippen LogP contribution in [0.15, 0.2) is 24.3 Å². The number of carboxylic acid groups (broad SMARTS) is 1. The second-order valence-corrected chi connectivity index (χ2v) is 6.96. The first-order chi connectivity index (χ1) is 10.4. The number of nitrogens with zero attached hydrogens (tertiary/aromatic N) is 3. The lowest BCUT2D eigenvalue weighted by molar-refractivity contribution is 0.0687. The van der Waals surface area contributed by atoms with Gasteiger partial charge in [-0.3, -0.25) is 0 Å². The average molecular weight is 299 g/mol. The summed E-state index contributed by atoms with van der Waals surface area (Å²) in [5, 5.41) is 17.3. The number of carboxylic acids is 1. The van der Waals surface area contributed by atoms with Crippen LogP contribution in [0.5, 0.6) is 0 Å². The number of benzene rings is 1. The van der Waals surface area contributed by atoms with Crippen LogP contribution in [0, 0.1) is 0 Å². The number of hydrogen-bond acceptors (Lipinski definition) is 3. The van der Waals surface area contributed by atoms with E-state index in [-0.39, 0.29) is 17.0 Å². The van der Waals surface area contributed by atoms with Gasteiger partial charge in [0.2, 0.25) is 0 Å². The maximum absolute atomic E-state index is 11.4. The maximum Gasteiger partial charge on any atom is 0.358 e. The number of aromatic carboxylic acids is 1. The fraction of sp³-hybridized carbons (Fsp3) is 0.471. The van der Waals surface area contributed by atoms with Crippen LogP contribution >= 0.6 is 0 Å². The lowest BCUT2D eigenvalue weighted by Gasteiger charge is -2.26. The first kappa shape index (κ1) is 14.8. The van der Waals surface area contributed by atoms with Crippen molar-refractivity contribution in [3.05, 3.63) is 41.2 Å². The van der Waals surface area contributed by atoms with E-state index in [0.717, 1.165) is 30.6 Å². The van der Waals surface area contributed by atoms with Crippen molar-refractivity contribution in [3.8, 4) is 5.69 Å². The zero-order valence-corrected chi connectivity index (χ0v) is 13.2. The van der Waals surface area contributed by atoms with Crippen molar-refractivity contribution in [2.75, 3.05) is 0 Å². The summed E-state index contributed by atoms with van der Waals surface area (Å²) in [6.07, 6.45) is 3.15. The third-order valence-electron chi connectivity index (χ3n) is 4.38. The lowest BCUT2D eigenvalue weighted by Crippen LogP contribution is -2.17. The quantitative estimate of drug-likeness (QED) is 0.941. The molecule has 1 saturated carbocycles. The van der Waals surface area contributed by atoms with E-state index in [4.69, 9.17) is 0 Å². The molecule has 1 aliphatic rings. The van der Waals surface area contributed by atoms with Gasteiger partial charge in [-0.2, -0.15) is 0 Å². The lowest BCUT2D eigenvalue weighted by atomic mass is 9.82. The van der Waals surface area contributed by atoms with Crippen molar-refractivity contribution in [1.29, 1.82) is 0 Å². The van der Waals surface area contributed by atoms with Crippen molar-refractivity contribution in [2.45, 2.75) is 51.4 Å². The standard InChI is InChI=1S/C17H21N3O2/c1-17(2,3)12-7-9-13(10-8-12)20-15(11-5-4-6-11)14(16(21)22)18-19-20/h7-11H,4-6H2,1-3H3,(H,21,22). The molecule has 0 amide bonds. The van der Waals surface area contributed by atoms with Crippen LogP contribution in [0.1, 0.15) is 67.7 Å². The van der Waals surface area contributed by atoms with Crippen molar-refractivity contribution >= 4 is 5.97 Å². The maximum atomic E-state index is 11.4. The summed E-state index contributed by atoms with van der Waals surface area (Å²) in [6.45, 7) is 6.50. The van der Waals surface area contributed by atoms with Crippen LogP contribution in [0.4, 0.5) is 0 Å². The highest BCUT2D eigenvalue weighted by Gasteiger charge is 2.31. The molecule has 1 N–H and O–H groups in total. The molecule has 1 fully saturated rings. The fourth-order valence-corrected chi connectivity index (χ4v) is 2.78. The van der Waals surface area contributed by atoms with E-state index in [2.05, 4.69) is 43.2 Å². The van der Waals surface area contributed by atoms with Gasteiger partial charge in [-0.25, -0.2) is 9.48 Å². The predicted octanol–water partition coefficient (Wildman–Crippen LogP) is 3.53. The molecule has 0 saturated heterocycles. The minimum Gasteiger partial charge on any atom is -0.476 e. The van der Waals surface area contributed by atoms with E-state index in [9.17, 15) is 9.90 Å². The first-order valence-electron chi connectivity index (χ1n) is 7.68. The second-order valence-electron chi connectivity index (χ2n) is 6.96. The molecule has 1 aliphatic carbocycles. The molecule has 5 nitrogen and oxygen atoms in total. The van der Waals surface area contributed by atoms with Crippen molar-refractivity contribution < 1.29 is 9.90 Å². The molecule has 0 unspecified atom stereocenters. The summed E-state index contributed by atoms with van der Waals surface area (Å²) >= 11 is 0. The van der Waals surface area contributed by atoms with Crippen molar-refractivity contribution in [1.82, 2.24) is 15.0 Å². The third kappa shape index (κ3) is 2.51. The first-order valence-corrected chi connectivity index (χ1v) is 7.68. The Morgan fingerprint density at radius 3 is 2.32 bits per heavy atom. The number of rotatable bonds is 3. The molecule has 1 heterocycles. The number of carbonyl (C=O) groups is 1. The molecule has 5 heteroatoms. The number of hydrogen-bond donors (Lipinski definition) is 1. The Kier molecular flexibility index (Phi) is 3.51. The Balaban J connectivity index is 2.03. The van der Waals surface area contributed by atoms with Gasteiger partial charge in [0, 0.05) is 5.92 Å². The highest BCUT2D eigenvalue weighted by atomic mass is 16.4. The molecule has 0 radical (unpaired) electrons. The van der Waals surface area contributed by atoms with Crippen LogP contribution in [-0.4, -0.2) is 26.1 Å². The van der Waals surface area contributed by atoms with Crippen LogP contribution in [0.2, 0.25) is 0 Å². The molecule has 3 rings (SSSR count). The molecule has 0 atom stereocenters. The topological polar surface area (TPSA) is 68.0 Å². The van der Waals surface area contributed by atoms with Gasteiger partial charge in [0.25, 0.3) is 0 Å². The fourth-order valence-electron chi connectivity index (χ4n) is 2.78. The van der Waals surface area contributed by atoms with E-state index >= 15 is 0 Å². The third-order valence-corrected chi connectivity index (χ3v) is 4.38. The highest BCUT2D eigenvalue weighted by Crippen LogP contribution is 2.38. The largest absolute Gasteiger partial charge is 0.476 e. The van der Waals surface area contributed by atoms with Crippen molar-refractivity contribution in [2.24, 2.45) is 0 Å². The van der Waals surface area contributed by atoms with Crippen molar-refractivity contribution in [3.63, 3.8) is 0 Å². The molecule has 0 aliphatic heterocycles. The Hall–Kier alpha value is -2.17. The molecular weight excluding hydrogens is 278 g/mol. The van der Waals surface area contributed by atoms with Gasteiger partial charge >= 0.3 is 5.97 Å². The molecule has 22 heavy (non-hydrogen) atoms. The van der Waals surface area contributed by atoms with Crippen LogP contribution < -0.4 is 0 Å². The molecule has 116 valence electrons. The average Bonchev–Trinajstić information content (AvgIpc) is 2.80. The van der Waals surface area contributed by atoms with Gasteiger partial charge in [-0.05, 0) is 36.0 Å². The predicted molar refractivity (Wildman–Crippen MR) is 83.6 cm³/mol. The van der Waals surface area contributed by atoms with E-state index < -0.39 is 5.97 Å². The Bertz CT molecular complexity index is 692. The Labute approximate surface area is 130 Å². The summed E-state index contributed by atoms with van der Waals surface area (Å²) in [5.74, 6) is -0.747. The summed E-state index contributed by atoms with van der Waals surface area (Å²) in [7, 11) is 0. The molecular formula is C17H21N3O2. The van der Waals surface area contributed by atoms with Gasteiger partial charge in [0.1, 0.15) is 0 Å². The smallest absolute Gasteiger partial charge is 0.358 e. The number of aromatic nitrogens is 3. The summed E-state index contributed by atoms with van der Waals surface area (Å²) < 4.78 is 1.69. The SMILES string of the molecule is CC(C)(C)c1ccc(-n2nnc(C(=O)O)c2C2CCC2)cc1. The summed E-state index contributed by atoms with van der Waals surface area (Å²) in [5.41, 5.74) is 3.02. The van der Waals surface area contributed by atoms with E-state index in [0.29, 0.717) is 0 Å². The van der Waals surface area contributed by atoms with Gasteiger partial charge in [0.05, 0.1) is 11.4 Å². The molecule has 2 aromatic rings. The van der Waals surface area contributed by atoms with Gasteiger partial charge in [-0.15, -0.1) is 5.10 Å². The van der Waals surface area contributed by atoms with E-state index in [1.165, 1.54) is 5.56 Å². The van der Waals surface area contributed by atoms with E-state index in [1.807, 2.05) is 12.1 Å². The molecule has 1 aromatic carbocycles. The van der Waals surface area contributed by atoms with Gasteiger partial charge in [0.15, 0.2) is 5.69 Å². The Morgan fingerprint density at radius 2 is 1.86 bits per heavy atom. The minimum atomic E-state index is -1.00. The summed E-state index contributed by atoms with van der Waals surface area (Å²) in [6, 6.07) is 8.12. The van der Waals surface area contributed by atoms with Gasteiger partial charge in [-0.1, -0.05) is 44.5 Å². The zero-order valence-electron chi connectivity index (χ0n) is 13.2. The zero-order chi connectivity index (χ0) is 15.9. The van der Waals surface area contributed by atoms with E-state index in [1.54, 1.807) is 4.68 Å². The second kappa shape index (κ2) is 5.23. The summed E-state index contributed by atoms with van der Waals surface area (Å²) in [4.78, 5) is 11.4. The van der Waals surface area contributed by atoms with Crippen LogP contribution in [0.3, 0.4) is 0 Å². The molecule has 0 spiro atoms. The molecule has 1 aromatic heterocycles. The highest BCUT2D eigenvalue weighted by molar-refractivity contribution is 5.86. The van der Waals surface area contributed by atoms with Gasteiger partial charge < -0.3 is 5.11 Å². The normalized spacial score (nSPS) is 15.6. The monoisotopic (exact) mass is 299 g/mol. The minimum absolute atomic E-state index is 0.0872. The molecule has 0 bridgehead atoms. The van der Waals surface area contributed by atoms with Crippen LogP contribution in [-0.2, 0) is 5.41 Å². The Morgan fingerprint density at radius 1 is 1.23 bits per heavy atom.